The van der Waals surface area contributed by atoms with Gasteiger partial charge in [-0.05, 0) is 24.3 Å². The Morgan fingerprint density at radius 1 is 1.21 bits per heavy atom. The summed E-state index contributed by atoms with van der Waals surface area (Å²) in [5.41, 5.74) is 2.49. The van der Waals surface area contributed by atoms with E-state index in [1.807, 2.05) is 6.07 Å². The lowest BCUT2D eigenvalue weighted by atomic mass is 9.79. The zero-order chi connectivity index (χ0) is 13.7. The van der Waals surface area contributed by atoms with Crippen LogP contribution in [0.3, 0.4) is 0 Å². The summed E-state index contributed by atoms with van der Waals surface area (Å²) in [5.74, 6) is 0. The van der Waals surface area contributed by atoms with Crippen LogP contribution in [0.15, 0.2) is 47.2 Å². The third-order valence-electron chi connectivity index (χ3n) is 3.49. The Kier molecular flexibility index (Phi) is 4.38. The molecule has 19 heavy (non-hydrogen) atoms. The summed E-state index contributed by atoms with van der Waals surface area (Å²) in [7, 11) is 0. The first-order valence-electron chi connectivity index (χ1n) is 6.76. The minimum atomic E-state index is 0.164. The molecule has 0 fully saturated rings. The van der Waals surface area contributed by atoms with Crippen LogP contribution in [0.2, 0.25) is 0 Å². The predicted molar refractivity (Wildman–Crippen MR) is 76.9 cm³/mol. The maximum atomic E-state index is 4.83. The van der Waals surface area contributed by atoms with Gasteiger partial charge in [-0.1, -0.05) is 49.3 Å². The van der Waals surface area contributed by atoms with Crippen LogP contribution in [0, 0.1) is 0 Å². The van der Waals surface area contributed by atoms with Crippen molar-refractivity contribution in [2.45, 2.75) is 45.2 Å². The Labute approximate surface area is 115 Å². The van der Waals surface area contributed by atoms with Crippen LogP contribution in [0.4, 0.5) is 0 Å². The summed E-state index contributed by atoms with van der Waals surface area (Å²) < 4.78 is 4.83. The summed E-state index contributed by atoms with van der Waals surface area (Å²) in [5, 5.41) is 7.39. The molecule has 0 saturated carbocycles. The normalized spacial score (nSPS) is 13.4. The van der Waals surface area contributed by atoms with Gasteiger partial charge < -0.3 is 9.84 Å². The third-order valence-corrected chi connectivity index (χ3v) is 3.49. The molecule has 3 heteroatoms. The molecule has 0 amide bonds. The number of rotatable bonds is 6. The highest BCUT2D eigenvalue weighted by molar-refractivity contribution is 5.23. The minimum Gasteiger partial charge on any atom is -0.364 e. The van der Waals surface area contributed by atoms with E-state index in [1.165, 1.54) is 5.56 Å². The van der Waals surface area contributed by atoms with Gasteiger partial charge in [-0.3, -0.25) is 0 Å². The molecule has 0 bridgehead atoms. The van der Waals surface area contributed by atoms with Gasteiger partial charge in [-0.15, -0.1) is 0 Å². The first-order valence-corrected chi connectivity index (χ1v) is 6.76. The summed E-state index contributed by atoms with van der Waals surface area (Å²) >= 11 is 0. The molecule has 1 unspecified atom stereocenters. The molecule has 1 aromatic carbocycles. The molecule has 1 atom stereocenters. The average molecular weight is 258 g/mol. The number of hydrogen-bond donors (Lipinski definition) is 1. The van der Waals surface area contributed by atoms with E-state index >= 15 is 0 Å². The topological polar surface area (TPSA) is 38.1 Å². The van der Waals surface area contributed by atoms with E-state index in [-0.39, 0.29) is 5.41 Å². The van der Waals surface area contributed by atoms with Crippen LogP contribution in [-0.2, 0) is 12.0 Å². The molecule has 0 saturated heterocycles. The van der Waals surface area contributed by atoms with Crippen molar-refractivity contribution in [2.24, 2.45) is 0 Å². The Morgan fingerprint density at radius 2 is 1.95 bits per heavy atom. The summed E-state index contributed by atoms with van der Waals surface area (Å²) in [4.78, 5) is 0. The van der Waals surface area contributed by atoms with E-state index in [2.05, 4.69) is 61.6 Å². The Morgan fingerprint density at radius 3 is 2.58 bits per heavy atom. The number of nitrogens with zero attached hydrogens (tertiary/aromatic N) is 1. The number of hydrogen-bond acceptors (Lipinski definition) is 3. The quantitative estimate of drug-likeness (QED) is 0.861. The van der Waals surface area contributed by atoms with E-state index < -0.39 is 0 Å². The SMILES string of the molecule is CC(CC(C)(C)c1ccccc1)NCc1ccon1. The maximum absolute atomic E-state index is 4.83. The average Bonchev–Trinajstić information content (AvgIpc) is 2.90. The fraction of sp³-hybridized carbons (Fsp3) is 0.438. The smallest absolute Gasteiger partial charge is 0.124 e. The summed E-state index contributed by atoms with van der Waals surface area (Å²) in [6.45, 7) is 7.54. The number of benzene rings is 1. The van der Waals surface area contributed by atoms with Crippen molar-refractivity contribution >= 4 is 0 Å². The molecule has 0 spiro atoms. The molecule has 3 nitrogen and oxygen atoms in total. The zero-order valence-electron chi connectivity index (χ0n) is 11.9. The fourth-order valence-electron chi connectivity index (χ4n) is 2.45. The van der Waals surface area contributed by atoms with Crippen molar-refractivity contribution in [1.29, 1.82) is 0 Å². The Balaban J connectivity index is 1.89. The molecular weight excluding hydrogens is 236 g/mol. The molecule has 2 rings (SSSR count). The molecule has 102 valence electrons. The monoisotopic (exact) mass is 258 g/mol. The number of aromatic nitrogens is 1. The van der Waals surface area contributed by atoms with E-state index in [0.29, 0.717) is 6.04 Å². The van der Waals surface area contributed by atoms with Crippen LogP contribution >= 0.6 is 0 Å². The van der Waals surface area contributed by atoms with Gasteiger partial charge in [0.05, 0.1) is 5.69 Å². The van der Waals surface area contributed by atoms with Gasteiger partial charge >= 0.3 is 0 Å². The lowest BCUT2D eigenvalue weighted by molar-refractivity contribution is 0.376. The van der Waals surface area contributed by atoms with Gasteiger partial charge in [0.15, 0.2) is 0 Å². The zero-order valence-corrected chi connectivity index (χ0v) is 11.9. The predicted octanol–water partition coefficient (Wildman–Crippen LogP) is 3.52. The Hall–Kier alpha value is -1.61. The first-order chi connectivity index (χ1) is 9.08. The van der Waals surface area contributed by atoms with E-state index in [4.69, 9.17) is 4.52 Å². The second-order valence-electron chi connectivity index (χ2n) is 5.73. The van der Waals surface area contributed by atoms with Crippen molar-refractivity contribution in [3.8, 4) is 0 Å². The molecule has 0 aliphatic carbocycles. The second kappa shape index (κ2) is 6.02. The van der Waals surface area contributed by atoms with Gasteiger partial charge in [0.25, 0.3) is 0 Å². The van der Waals surface area contributed by atoms with Crippen LogP contribution in [-0.4, -0.2) is 11.2 Å². The highest BCUT2D eigenvalue weighted by Gasteiger charge is 2.22. The number of nitrogens with one attached hydrogen (secondary N) is 1. The minimum absolute atomic E-state index is 0.164. The van der Waals surface area contributed by atoms with Crippen molar-refractivity contribution in [2.75, 3.05) is 0 Å². The van der Waals surface area contributed by atoms with Crippen molar-refractivity contribution in [3.63, 3.8) is 0 Å². The third kappa shape index (κ3) is 3.93. The van der Waals surface area contributed by atoms with Crippen molar-refractivity contribution in [1.82, 2.24) is 10.5 Å². The molecule has 0 aliphatic rings. The van der Waals surface area contributed by atoms with E-state index in [0.717, 1.165) is 18.7 Å². The van der Waals surface area contributed by atoms with Gasteiger partial charge in [0.2, 0.25) is 0 Å². The fourth-order valence-corrected chi connectivity index (χ4v) is 2.45. The Bertz CT molecular complexity index is 477. The summed E-state index contributed by atoms with van der Waals surface area (Å²) in [6, 6.07) is 13.0. The highest BCUT2D eigenvalue weighted by Crippen LogP contribution is 2.28. The van der Waals surface area contributed by atoms with Crippen molar-refractivity contribution in [3.05, 3.63) is 53.9 Å². The standard InChI is InChI=1S/C16H22N2O/c1-13(17-12-15-9-10-19-18-15)11-16(2,3)14-7-5-4-6-8-14/h4-10,13,17H,11-12H2,1-3H3. The van der Waals surface area contributed by atoms with E-state index in [9.17, 15) is 0 Å². The van der Waals surface area contributed by atoms with Crippen LogP contribution < -0.4 is 5.32 Å². The van der Waals surface area contributed by atoms with E-state index in [1.54, 1.807) is 6.26 Å². The molecular formula is C16H22N2O. The van der Waals surface area contributed by atoms with Gasteiger partial charge in [0, 0.05) is 18.7 Å². The van der Waals surface area contributed by atoms with Crippen LogP contribution in [0.1, 0.15) is 38.4 Å². The summed E-state index contributed by atoms with van der Waals surface area (Å²) in [6.07, 6.45) is 2.68. The molecule has 1 heterocycles. The van der Waals surface area contributed by atoms with Crippen LogP contribution in [0.5, 0.6) is 0 Å². The largest absolute Gasteiger partial charge is 0.364 e. The maximum Gasteiger partial charge on any atom is 0.124 e. The lowest BCUT2D eigenvalue weighted by Crippen LogP contribution is -2.33. The molecule has 2 aromatic rings. The highest BCUT2D eigenvalue weighted by atomic mass is 16.5. The van der Waals surface area contributed by atoms with Gasteiger partial charge in [0.1, 0.15) is 6.26 Å². The van der Waals surface area contributed by atoms with Crippen molar-refractivity contribution < 1.29 is 4.52 Å². The molecule has 1 N–H and O–H groups in total. The van der Waals surface area contributed by atoms with Gasteiger partial charge in [-0.2, -0.15) is 0 Å². The molecule has 1 aromatic heterocycles. The van der Waals surface area contributed by atoms with Crippen LogP contribution in [0.25, 0.3) is 0 Å². The first kappa shape index (κ1) is 13.8. The lowest BCUT2D eigenvalue weighted by Gasteiger charge is -2.29. The molecule has 0 radical (unpaired) electrons. The second-order valence-corrected chi connectivity index (χ2v) is 5.73. The molecule has 0 aliphatic heterocycles. The van der Waals surface area contributed by atoms with Gasteiger partial charge in [-0.25, -0.2) is 0 Å².